The van der Waals surface area contributed by atoms with E-state index in [0.29, 0.717) is 33.5 Å². The number of epoxide rings is 3. The van der Waals surface area contributed by atoms with Gasteiger partial charge >= 0.3 is 75.1 Å². The first-order valence-electron chi connectivity index (χ1n) is 24.1. The molecule has 80 heavy (non-hydrogen) atoms. The fraction of sp³-hybridized carbons (Fsp3) is 0.469. The zero-order valence-corrected chi connectivity index (χ0v) is 44.2. The van der Waals surface area contributed by atoms with E-state index in [1.54, 1.807) is 13.8 Å². The van der Waals surface area contributed by atoms with Crippen LogP contribution in [0.15, 0.2) is 124 Å². The van der Waals surface area contributed by atoms with Crippen LogP contribution in [0, 0.1) is 5.92 Å². The van der Waals surface area contributed by atoms with E-state index in [2.05, 4.69) is 49.2 Å². The molecule has 6 heterocycles. The van der Waals surface area contributed by atoms with Gasteiger partial charge in [-0.15, -0.1) is 19.7 Å². The minimum atomic E-state index is -0.992. The van der Waals surface area contributed by atoms with Crippen LogP contribution in [-0.2, 0) is 116 Å². The molecule has 0 aliphatic carbocycles. The molecule has 3 aromatic rings. The van der Waals surface area contributed by atoms with E-state index in [0.717, 1.165) is 45.6 Å². The van der Waals surface area contributed by atoms with Gasteiger partial charge in [-0.1, -0.05) is 51.8 Å². The molecule has 4 atom stereocenters. The van der Waals surface area contributed by atoms with Gasteiger partial charge in [0, 0.05) is 18.2 Å². The smallest absolute Gasteiger partial charge is 0.336 e. The van der Waals surface area contributed by atoms with Crippen molar-refractivity contribution in [2.45, 2.75) is 97.1 Å². The van der Waals surface area contributed by atoms with E-state index < -0.39 is 81.1 Å². The third-order valence-electron chi connectivity index (χ3n) is 10.9. The van der Waals surface area contributed by atoms with Crippen molar-refractivity contribution in [1.82, 2.24) is 41.1 Å². The van der Waals surface area contributed by atoms with Crippen LogP contribution in [-0.4, -0.2) is 142 Å². The molecule has 0 N–H and O–H groups in total. The molecule has 31 nitrogen and oxygen atoms in total. The molecule has 3 aliphatic heterocycles. The topological polar surface area (TPSA) is 370 Å². The first-order chi connectivity index (χ1) is 38.1. The molecule has 3 aliphatic rings. The quantitative estimate of drug-likeness (QED) is 0.0133. The summed E-state index contributed by atoms with van der Waals surface area (Å²) < 4.78 is 42.0. The van der Waals surface area contributed by atoms with Crippen LogP contribution in [0.4, 0.5) is 0 Å². The zero-order valence-electron chi connectivity index (χ0n) is 44.2. The van der Waals surface area contributed by atoms with Crippen molar-refractivity contribution in [2.75, 3.05) is 46.8 Å². The Labute approximate surface area is 452 Å². The Morgan fingerprint density at radius 2 is 0.750 bits per heavy atom. The maximum atomic E-state index is 12.6. The van der Waals surface area contributed by atoms with Crippen molar-refractivity contribution in [3.05, 3.63) is 170 Å². The van der Waals surface area contributed by atoms with Crippen molar-refractivity contribution < 1.29 is 57.1 Å². The van der Waals surface area contributed by atoms with Crippen LogP contribution >= 0.6 is 0 Å². The van der Waals surface area contributed by atoms with E-state index in [1.165, 1.54) is 31.4 Å². The van der Waals surface area contributed by atoms with E-state index in [4.69, 9.17) is 28.4 Å². The monoisotopic (exact) mass is 1130 g/mol. The van der Waals surface area contributed by atoms with Gasteiger partial charge in [0.2, 0.25) is 6.08 Å². The number of isocyanates is 1. The standard InChI is InChI=1S/C18H21N3O9.C12H15N3O6.C12H15N3O3.C7H11NO3/c1-4-13(22)28-10-7-19-16(25)20(8-11-29-14(23)5-2)18(27)21(17(19)26)9-12-30-15(24)6-3;16-10-13(1-7-4-19-7)11(17)15(3-9-6-21-9)12(18)14(10)2-8-5-20-8;1-4-7-13-10(16)14(8-5-2)12(18)15(9-6-3)11(13)17;1-5(2)6(8-4-9)7(10)11-3/h4-6H,1-3,7-12H2;7-9H,1-6H2;4-6H,1-3,7-9H2;5-6H,1-3H3. The van der Waals surface area contributed by atoms with E-state index in [1.807, 2.05) is 0 Å². The molecular formula is C49H62N10O21. The second kappa shape index (κ2) is 31.9. The van der Waals surface area contributed by atoms with Crippen LogP contribution in [0.2, 0.25) is 0 Å². The maximum Gasteiger partial charge on any atom is 0.336 e. The lowest BCUT2D eigenvalue weighted by Crippen LogP contribution is -2.55. The molecule has 31 heteroatoms. The molecule has 0 spiro atoms. The number of esters is 4. The number of aliphatic imine (C=N–C) groups is 1. The summed E-state index contributed by atoms with van der Waals surface area (Å²) >= 11 is 0. The second-order valence-corrected chi connectivity index (χ2v) is 16.9. The highest BCUT2D eigenvalue weighted by atomic mass is 16.6. The van der Waals surface area contributed by atoms with E-state index in [-0.39, 0.29) is 103 Å². The number of rotatable bonds is 27. The predicted molar refractivity (Wildman–Crippen MR) is 280 cm³/mol. The van der Waals surface area contributed by atoms with Gasteiger partial charge in [0.25, 0.3) is 0 Å². The summed E-state index contributed by atoms with van der Waals surface area (Å²) in [7, 11) is 1.26. The molecule has 6 rings (SSSR count). The molecule has 0 bridgehead atoms. The van der Waals surface area contributed by atoms with Crippen LogP contribution in [0.25, 0.3) is 0 Å². The molecule has 4 unspecified atom stereocenters. The lowest BCUT2D eigenvalue weighted by molar-refractivity contribution is -0.143. The normalized spacial score (nSPS) is 15.4. The molecule has 3 aromatic heterocycles. The average Bonchev–Trinajstić information content (AvgIpc) is 4.29. The fourth-order valence-corrected chi connectivity index (χ4v) is 6.62. The van der Waals surface area contributed by atoms with Crippen molar-refractivity contribution in [3.8, 4) is 0 Å². The lowest BCUT2D eigenvalue weighted by atomic mass is 10.1. The zero-order chi connectivity index (χ0) is 59.8. The van der Waals surface area contributed by atoms with Gasteiger partial charge in [-0.3, -0.25) is 0 Å². The summed E-state index contributed by atoms with van der Waals surface area (Å²) in [5, 5.41) is 0. The molecule has 0 radical (unpaired) electrons. The summed E-state index contributed by atoms with van der Waals surface area (Å²) in [5.74, 6) is -2.81. The Balaban J connectivity index is 0.000000296. The highest BCUT2D eigenvalue weighted by Crippen LogP contribution is 2.12. The van der Waals surface area contributed by atoms with Gasteiger partial charge in [-0.2, -0.15) is 4.99 Å². The van der Waals surface area contributed by atoms with Crippen molar-refractivity contribution in [1.29, 1.82) is 0 Å². The fourth-order valence-electron chi connectivity index (χ4n) is 6.62. The number of hydrogen-bond acceptors (Lipinski definition) is 22. The minimum Gasteiger partial charge on any atom is -0.467 e. The van der Waals surface area contributed by atoms with Gasteiger partial charge < -0.3 is 33.2 Å². The minimum absolute atomic E-state index is 0.0381. The van der Waals surface area contributed by atoms with Crippen LogP contribution in [0.1, 0.15) is 13.8 Å². The lowest BCUT2D eigenvalue weighted by Gasteiger charge is -2.14. The number of nitrogens with zero attached hydrogens (tertiary/aromatic N) is 10. The highest BCUT2D eigenvalue weighted by molar-refractivity contribution is 5.81. The first kappa shape index (κ1) is 65.1. The van der Waals surface area contributed by atoms with Gasteiger partial charge in [0.1, 0.15) is 19.8 Å². The third kappa shape index (κ3) is 18.8. The number of allylic oxidation sites excluding steroid dienone is 3. The van der Waals surface area contributed by atoms with Crippen LogP contribution in [0.3, 0.4) is 0 Å². The third-order valence-corrected chi connectivity index (χ3v) is 10.9. The number of ether oxygens (including phenoxy) is 7. The molecule has 3 saturated heterocycles. The van der Waals surface area contributed by atoms with Crippen LogP contribution < -0.4 is 51.2 Å². The van der Waals surface area contributed by atoms with Crippen LogP contribution in [0.5, 0.6) is 0 Å². The Bertz CT molecular complexity index is 3010. The number of methoxy groups -OCH3 is 1. The molecule has 0 aromatic carbocycles. The SMILES string of the molecule is C=CC(=O)OCCn1c(=O)n(CCOC(=O)C=C)c(=O)n(CCOC(=O)C=C)c1=O.C=CCn1c(=O)n(CC=C)c(=O)n(CC=C)c1=O.COC(=O)C(N=C=O)C(C)C.O=c1n(CC2CO2)c(=O)n(CC2CO2)c(=O)n1CC1CO1. The Kier molecular flexibility index (Phi) is 25.9. The van der Waals surface area contributed by atoms with Gasteiger partial charge in [-0.25, -0.2) is 108 Å². The number of carbonyl (C=O) groups is 4. The highest BCUT2D eigenvalue weighted by Gasteiger charge is 2.32. The summed E-state index contributed by atoms with van der Waals surface area (Å²) in [5.41, 5.74) is -6.74. The summed E-state index contributed by atoms with van der Waals surface area (Å²) in [6, 6.07) is -0.711. The number of carbonyl (C=O) groups excluding carboxylic acids is 5. The summed E-state index contributed by atoms with van der Waals surface area (Å²) in [6.45, 7) is 23.8. The van der Waals surface area contributed by atoms with Gasteiger partial charge in [0.15, 0.2) is 6.04 Å². The molecular weight excluding hydrogens is 1060 g/mol. The molecule has 3 fully saturated rings. The average molecular weight is 1130 g/mol. The van der Waals surface area contributed by atoms with Crippen molar-refractivity contribution >= 4 is 30.0 Å². The predicted octanol–water partition coefficient (Wildman–Crippen LogP) is -4.02. The van der Waals surface area contributed by atoms with Crippen molar-refractivity contribution in [3.63, 3.8) is 0 Å². The first-order valence-corrected chi connectivity index (χ1v) is 24.1. The Morgan fingerprint density at radius 1 is 0.500 bits per heavy atom. The second-order valence-electron chi connectivity index (χ2n) is 16.9. The van der Waals surface area contributed by atoms with E-state index in [9.17, 15) is 67.1 Å². The van der Waals surface area contributed by atoms with Gasteiger partial charge in [0.05, 0.1) is 104 Å². The maximum absolute atomic E-state index is 12.6. The summed E-state index contributed by atoms with van der Waals surface area (Å²) in [4.78, 5) is 168. The van der Waals surface area contributed by atoms with Gasteiger partial charge in [-0.05, 0) is 5.92 Å². The van der Waals surface area contributed by atoms with E-state index >= 15 is 0 Å². The molecule has 0 saturated carbocycles. The molecule has 0 amide bonds. The summed E-state index contributed by atoms with van der Waals surface area (Å²) in [6.07, 6.45) is 7.96. The largest absolute Gasteiger partial charge is 0.467 e. The number of hydrogen-bond donors (Lipinski definition) is 0. The Hall–Kier alpha value is -9.19. The van der Waals surface area contributed by atoms with Crippen molar-refractivity contribution in [2.24, 2.45) is 10.9 Å². The molecule has 434 valence electrons. The Morgan fingerprint density at radius 3 is 0.950 bits per heavy atom. The number of aromatic nitrogens is 9.